The van der Waals surface area contributed by atoms with Crippen molar-refractivity contribution in [1.82, 2.24) is 9.80 Å². The van der Waals surface area contributed by atoms with E-state index in [-0.39, 0.29) is 24.1 Å². The zero-order valence-corrected chi connectivity index (χ0v) is 9.32. The smallest absolute Gasteiger partial charge is 0.245 e. The van der Waals surface area contributed by atoms with Gasteiger partial charge >= 0.3 is 0 Å². The molecule has 0 aromatic rings. The molecule has 1 heterocycles. The van der Waals surface area contributed by atoms with Gasteiger partial charge in [0.15, 0.2) is 0 Å². The second kappa shape index (κ2) is 4.42. The van der Waals surface area contributed by atoms with E-state index in [9.17, 15) is 14.4 Å². The van der Waals surface area contributed by atoms with E-state index in [1.165, 1.54) is 16.7 Å². The number of ketones is 1. The molecule has 1 saturated heterocycles. The first kappa shape index (κ1) is 11.7. The summed E-state index contributed by atoms with van der Waals surface area (Å²) in [4.78, 5) is 36.8. The normalized spacial score (nSPS) is 22.2. The molecular formula is C10H16N2O3. The lowest BCUT2D eigenvalue weighted by molar-refractivity contribution is -0.153. The average Bonchev–Trinajstić information content (AvgIpc) is 2.18. The fourth-order valence-corrected chi connectivity index (χ4v) is 1.48. The van der Waals surface area contributed by atoms with E-state index in [0.717, 1.165) is 0 Å². The first-order chi connectivity index (χ1) is 6.93. The first-order valence-corrected chi connectivity index (χ1v) is 4.97. The Bertz CT molecular complexity index is 301. The summed E-state index contributed by atoms with van der Waals surface area (Å²) in [5.41, 5.74) is 0. The summed E-state index contributed by atoms with van der Waals surface area (Å²) in [5.74, 6) is -0.133. The number of likely N-dealkylation sites (N-methyl/N-ethyl adjacent to an activating group) is 1. The highest BCUT2D eigenvalue weighted by atomic mass is 16.2. The quantitative estimate of drug-likeness (QED) is 0.642. The first-order valence-electron chi connectivity index (χ1n) is 4.97. The van der Waals surface area contributed by atoms with Crippen LogP contribution in [0.15, 0.2) is 0 Å². The summed E-state index contributed by atoms with van der Waals surface area (Å²) < 4.78 is 0. The van der Waals surface area contributed by atoms with Crippen molar-refractivity contribution in [3.8, 4) is 0 Å². The van der Waals surface area contributed by atoms with Gasteiger partial charge in [-0.2, -0.15) is 0 Å². The number of Topliss-reactive ketones (excluding diaryl/α,β-unsaturated/α-hetero) is 1. The van der Waals surface area contributed by atoms with E-state index in [1.807, 2.05) is 0 Å². The Morgan fingerprint density at radius 1 is 1.47 bits per heavy atom. The molecule has 0 aliphatic carbocycles. The summed E-state index contributed by atoms with van der Waals surface area (Å²) in [6.45, 7) is 3.61. The van der Waals surface area contributed by atoms with Gasteiger partial charge in [0, 0.05) is 20.0 Å². The van der Waals surface area contributed by atoms with E-state index in [1.54, 1.807) is 14.0 Å². The van der Waals surface area contributed by atoms with Gasteiger partial charge in [0.05, 0.1) is 6.54 Å². The van der Waals surface area contributed by atoms with Crippen LogP contribution in [0, 0.1) is 0 Å². The maximum Gasteiger partial charge on any atom is 0.245 e. The van der Waals surface area contributed by atoms with Gasteiger partial charge in [-0.05, 0) is 13.8 Å². The SMILES string of the molecule is CC(=O)CCN1CC(=O)N(C)C(C)C1=O. The minimum atomic E-state index is -0.418. The van der Waals surface area contributed by atoms with Crippen molar-refractivity contribution in [3.63, 3.8) is 0 Å². The molecule has 0 aromatic carbocycles. The largest absolute Gasteiger partial charge is 0.332 e. The highest BCUT2D eigenvalue weighted by molar-refractivity contribution is 5.94. The van der Waals surface area contributed by atoms with Crippen LogP contribution in [-0.2, 0) is 14.4 Å². The number of amides is 2. The predicted octanol–water partition coefficient (Wildman–Crippen LogP) is -0.345. The van der Waals surface area contributed by atoms with E-state index in [0.29, 0.717) is 13.0 Å². The molecule has 5 nitrogen and oxygen atoms in total. The van der Waals surface area contributed by atoms with Crippen LogP contribution in [0.5, 0.6) is 0 Å². The molecule has 0 saturated carbocycles. The third-order valence-corrected chi connectivity index (χ3v) is 2.70. The van der Waals surface area contributed by atoms with Gasteiger partial charge < -0.3 is 9.80 Å². The molecule has 0 N–H and O–H groups in total. The average molecular weight is 212 g/mol. The van der Waals surface area contributed by atoms with Crippen LogP contribution in [0.25, 0.3) is 0 Å². The van der Waals surface area contributed by atoms with E-state index in [2.05, 4.69) is 0 Å². The summed E-state index contributed by atoms with van der Waals surface area (Å²) >= 11 is 0. The maximum absolute atomic E-state index is 11.7. The van der Waals surface area contributed by atoms with Gasteiger partial charge in [0.2, 0.25) is 11.8 Å². The van der Waals surface area contributed by atoms with E-state index in [4.69, 9.17) is 0 Å². The van der Waals surface area contributed by atoms with Gasteiger partial charge in [-0.25, -0.2) is 0 Å². The number of piperazine rings is 1. The lowest BCUT2D eigenvalue weighted by atomic mass is 10.1. The number of nitrogens with zero attached hydrogens (tertiary/aromatic N) is 2. The Kier molecular flexibility index (Phi) is 3.44. The topological polar surface area (TPSA) is 57.7 Å². The standard InChI is InChI=1S/C10H16N2O3/c1-7(13)4-5-12-6-9(14)11(3)8(2)10(12)15/h8H,4-6H2,1-3H3. The molecule has 0 bridgehead atoms. The van der Waals surface area contributed by atoms with Gasteiger partial charge in [-0.15, -0.1) is 0 Å². The molecule has 2 amide bonds. The second-order valence-electron chi connectivity index (χ2n) is 3.89. The molecule has 15 heavy (non-hydrogen) atoms. The molecular weight excluding hydrogens is 196 g/mol. The third-order valence-electron chi connectivity index (χ3n) is 2.70. The van der Waals surface area contributed by atoms with Crippen LogP contribution in [0.4, 0.5) is 0 Å². The number of hydrogen-bond acceptors (Lipinski definition) is 3. The lowest BCUT2D eigenvalue weighted by Crippen LogP contribution is -2.57. The van der Waals surface area contributed by atoms with Gasteiger partial charge in [0.25, 0.3) is 0 Å². The van der Waals surface area contributed by atoms with Gasteiger partial charge in [-0.3, -0.25) is 14.4 Å². The predicted molar refractivity (Wildman–Crippen MR) is 54.1 cm³/mol. The Morgan fingerprint density at radius 2 is 2.07 bits per heavy atom. The second-order valence-corrected chi connectivity index (χ2v) is 3.89. The fourth-order valence-electron chi connectivity index (χ4n) is 1.48. The van der Waals surface area contributed by atoms with Gasteiger partial charge in [0.1, 0.15) is 11.8 Å². The number of hydrogen-bond donors (Lipinski definition) is 0. The van der Waals surface area contributed by atoms with Crippen LogP contribution < -0.4 is 0 Å². The van der Waals surface area contributed by atoms with Crippen molar-refractivity contribution < 1.29 is 14.4 Å². The van der Waals surface area contributed by atoms with Crippen LogP contribution in [-0.4, -0.2) is 53.6 Å². The fraction of sp³-hybridized carbons (Fsp3) is 0.700. The molecule has 1 fully saturated rings. The van der Waals surface area contributed by atoms with Crippen LogP contribution >= 0.6 is 0 Å². The molecule has 5 heteroatoms. The Hall–Kier alpha value is -1.39. The Balaban J connectivity index is 2.62. The Labute approximate surface area is 89.0 Å². The van der Waals surface area contributed by atoms with Crippen LogP contribution in [0.1, 0.15) is 20.3 Å². The van der Waals surface area contributed by atoms with Crippen LogP contribution in [0.3, 0.4) is 0 Å². The van der Waals surface area contributed by atoms with E-state index >= 15 is 0 Å². The molecule has 0 spiro atoms. The van der Waals surface area contributed by atoms with Crippen molar-refractivity contribution in [1.29, 1.82) is 0 Å². The number of rotatable bonds is 3. The zero-order valence-electron chi connectivity index (χ0n) is 9.32. The third kappa shape index (κ3) is 2.55. The number of carbonyl (C=O) groups is 3. The molecule has 0 radical (unpaired) electrons. The van der Waals surface area contributed by atoms with Crippen molar-refractivity contribution in [2.45, 2.75) is 26.3 Å². The minimum Gasteiger partial charge on any atom is -0.332 e. The molecule has 0 aromatic heterocycles. The van der Waals surface area contributed by atoms with Crippen molar-refractivity contribution in [2.75, 3.05) is 20.1 Å². The summed E-state index contributed by atoms with van der Waals surface area (Å²) in [6, 6.07) is -0.418. The summed E-state index contributed by atoms with van der Waals surface area (Å²) in [5, 5.41) is 0. The molecule has 1 unspecified atom stereocenters. The van der Waals surface area contributed by atoms with Crippen molar-refractivity contribution in [2.24, 2.45) is 0 Å². The van der Waals surface area contributed by atoms with Crippen molar-refractivity contribution >= 4 is 17.6 Å². The summed E-state index contributed by atoms with van der Waals surface area (Å²) in [6.07, 6.45) is 0.315. The lowest BCUT2D eigenvalue weighted by Gasteiger charge is -2.36. The molecule has 1 rings (SSSR count). The molecule has 1 atom stereocenters. The highest BCUT2D eigenvalue weighted by Crippen LogP contribution is 2.10. The minimum absolute atomic E-state index is 0.0295. The van der Waals surface area contributed by atoms with E-state index < -0.39 is 6.04 Å². The maximum atomic E-state index is 11.7. The zero-order chi connectivity index (χ0) is 11.6. The van der Waals surface area contributed by atoms with Crippen molar-refractivity contribution in [3.05, 3.63) is 0 Å². The Morgan fingerprint density at radius 3 is 2.60 bits per heavy atom. The van der Waals surface area contributed by atoms with Crippen LogP contribution in [0.2, 0.25) is 0 Å². The van der Waals surface area contributed by atoms with Gasteiger partial charge in [-0.1, -0.05) is 0 Å². The highest BCUT2D eigenvalue weighted by Gasteiger charge is 2.33. The molecule has 1 aliphatic heterocycles. The molecule has 1 aliphatic rings. The molecule has 84 valence electrons. The summed E-state index contributed by atoms with van der Waals surface area (Å²) in [7, 11) is 1.62. The number of carbonyl (C=O) groups excluding carboxylic acids is 3. The monoisotopic (exact) mass is 212 g/mol.